The first-order chi connectivity index (χ1) is 8.63. The molecule has 0 aromatic heterocycles. The molecule has 1 fully saturated rings. The molecule has 98 valence electrons. The van der Waals surface area contributed by atoms with Gasteiger partial charge in [-0.25, -0.2) is 0 Å². The van der Waals surface area contributed by atoms with Crippen molar-refractivity contribution >= 4 is 11.6 Å². The van der Waals surface area contributed by atoms with Gasteiger partial charge < -0.3 is 10.2 Å². The van der Waals surface area contributed by atoms with Crippen LogP contribution in [0.1, 0.15) is 30.9 Å². The van der Waals surface area contributed by atoms with Crippen molar-refractivity contribution in [2.75, 3.05) is 18.0 Å². The highest BCUT2D eigenvalue weighted by Gasteiger charge is 2.32. The summed E-state index contributed by atoms with van der Waals surface area (Å²) in [6.07, 6.45) is 1.97. The van der Waals surface area contributed by atoms with Crippen LogP contribution in [0.25, 0.3) is 0 Å². The zero-order chi connectivity index (χ0) is 13.1. The molecular formula is C15H22N2O. The number of nitrogens with one attached hydrogen (secondary N) is 1. The Bertz CT molecular complexity index is 442. The van der Waals surface area contributed by atoms with Gasteiger partial charge in [-0.15, -0.1) is 0 Å². The number of nitrogens with zero attached hydrogens (tertiary/aromatic N) is 1. The van der Waals surface area contributed by atoms with Crippen LogP contribution in [0.2, 0.25) is 0 Å². The number of anilines is 1. The lowest BCUT2D eigenvalue weighted by atomic mass is 10.1. The number of aryl methyl sites for hydroxylation is 2. The van der Waals surface area contributed by atoms with E-state index in [0.29, 0.717) is 0 Å². The van der Waals surface area contributed by atoms with E-state index in [9.17, 15) is 4.79 Å². The summed E-state index contributed by atoms with van der Waals surface area (Å²) in [5.74, 6) is 0.220. The van der Waals surface area contributed by atoms with Gasteiger partial charge >= 0.3 is 0 Å². The SMILES string of the molecule is CCCNC1CCN(c2cc(C)ccc2C)C1=O. The van der Waals surface area contributed by atoms with Crippen LogP contribution in [0.5, 0.6) is 0 Å². The lowest BCUT2D eigenvalue weighted by Gasteiger charge is -2.20. The minimum Gasteiger partial charge on any atom is -0.311 e. The molecule has 1 aliphatic heterocycles. The summed E-state index contributed by atoms with van der Waals surface area (Å²) >= 11 is 0. The van der Waals surface area contributed by atoms with Gasteiger partial charge in [0.2, 0.25) is 5.91 Å². The maximum atomic E-state index is 12.3. The Balaban J connectivity index is 2.15. The Hall–Kier alpha value is -1.35. The zero-order valence-electron chi connectivity index (χ0n) is 11.5. The normalized spacial score (nSPS) is 19.6. The first kappa shape index (κ1) is 13.1. The molecule has 1 N–H and O–H groups in total. The number of carbonyl (C=O) groups excluding carboxylic acids is 1. The number of benzene rings is 1. The highest BCUT2D eigenvalue weighted by molar-refractivity contribution is 6.00. The van der Waals surface area contributed by atoms with E-state index in [-0.39, 0.29) is 11.9 Å². The predicted molar refractivity (Wildman–Crippen MR) is 75.0 cm³/mol. The third-order valence-electron chi connectivity index (χ3n) is 3.50. The first-order valence-corrected chi connectivity index (χ1v) is 6.75. The molecule has 1 saturated heterocycles. The quantitative estimate of drug-likeness (QED) is 0.885. The maximum absolute atomic E-state index is 12.3. The van der Waals surface area contributed by atoms with Crippen LogP contribution < -0.4 is 10.2 Å². The van der Waals surface area contributed by atoms with E-state index in [4.69, 9.17) is 0 Å². The lowest BCUT2D eigenvalue weighted by Crippen LogP contribution is -2.38. The van der Waals surface area contributed by atoms with Crippen LogP contribution in [0, 0.1) is 13.8 Å². The van der Waals surface area contributed by atoms with E-state index in [1.54, 1.807) is 0 Å². The highest BCUT2D eigenvalue weighted by Crippen LogP contribution is 2.26. The van der Waals surface area contributed by atoms with E-state index in [1.165, 1.54) is 11.1 Å². The second-order valence-corrected chi connectivity index (χ2v) is 5.08. The van der Waals surface area contributed by atoms with Crippen molar-refractivity contribution in [2.24, 2.45) is 0 Å². The van der Waals surface area contributed by atoms with Gasteiger partial charge in [-0.2, -0.15) is 0 Å². The fraction of sp³-hybridized carbons (Fsp3) is 0.533. The van der Waals surface area contributed by atoms with E-state index in [1.807, 2.05) is 4.90 Å². The zero-order valence-corrected chi connectivity index (χ0v) is 11.5. The van der Waals surface area contributed by atoms with Crippen LogP contribution in [0.3, 0.4) is 0 Å². The Labute approximate surface area is 109 Å². The molecule has 1 aromatic rings. The summed E-state index contributed by atoms with van der Waals surface area (Å²) < 4.78 is 0. The van der Waals surface area contributed by atoms with Crippen molar-refractivity contribution in [1.29, 1.82) is 0 Å². The van der Waals surface area contributed by atoms with Gasteiger partial charge in [0.1, 0.15) is 0 Å². The second kappa shape index (κ2) is 5.53. The summed E-state index contributed by atoms with van der Waals surface area (Å²) in [6, 6.07) is 6.29. The van der Waals surface area contributed by atoms with Crippen LogP contribution in [0.15, 0.2) is 18.2 Å². The molecule has 1 unspecified atom stereocenters. The molecule has 0 spiro atoms. The van der Waals surface area contributed by atoms with E-state index < -0.39 is 0 Å². The minimum atomic E-state index is 0.00450. The Morgan fingerprint density at radius 1 is 1.39 bits per heavy atom. The van der Waals surface area contributed by atoms with Crippen molar-refractivity contribution in [2.45, 2.75) is 39.7 Å². The fourth-order valence-corrected chi connectivity index (χ4v) is 2.44. The van der Waals surface area contributed by atoms with Crippen LogP contribution >= 0.6 is 0 Å². The lowest BCUT2D eigenvalue weighted by molar-refractivity contribution is -0.118. The standard InChI is InChI=1S/C15H22N2O/c1-4-8-16-13-7-9-17(15(13)18)14-10-11(2)5-6-12(14)3/h5-6,10,13,16H,4,7-9H2,1-3H3. The summed E-state index contributed by atoms with van der Waals surface area (Å²) in [7, 11) is 0. The molecule has 1 aromatic carbocycles. The molecule has 3 nitrogen and oxygen atoms in total. The average Bonchev–Trinajstić information content (AvgIpc) is 2.71. The molecule has 1 atom stereocenters. The Morgan fingerprint density at radius 2 is 2.17 bits per heavy atom. The predicted octanol–water partition coefficient (Wildman–Crippen LogP) is 2.41. The summed E-state index contributed by atoms with van der Waals surface area (Å²) in [5.41, 5.74) is 3.44. The van der Waals surface area contributed by atoms with Gasteiger partial charge in [0.15, 0.2) is 0 Å². The number of hydrogen-bond acceptors (Lipinski definition) is 2. The minimum absolute atomic E-state index is 0.00450. The molecule has 0 bridgehead atoms. The second-order valence-electron chi connectivity index (χ2n) is 5.08. The molecule has 3 heteroatoms. The third kappa shape index (κ3) is 2.56. The Morgan fingerprint density at radius 3 is 2.89 bits per heavy atom. The van der Waals surface area contributed by atoms with Crippen LogP contribution in [-0.4, -0.2) is 25.0 Å². The third-order valence-corrected chi connectivity index (χ3v) is 3.50. The van der Waals surface area contributed by atoms with Crippen LogP contribution in [-0.2, 0) is 4.79 Å². The largest absolute Gasteiger partial charge is 0.311 e. The van der Waals surface area contributed by atoms with Crippen molar-refractivity contribution in [3.63, 3.8) is 0 Å². The molecule has 1 amide bonds. The van der Waals surface area contributed by atoms with Crippen molar-refractivity contribution in [3.8, 4) is 0 Å². The van der Waals surface area contributed by atoms with E-state index >= 15 is 0 Å². The summed E-state index contributed by atoms with van der Waals surface area (Å²) in [5, 5.41) is 3.32. The molecule has 1 heterocycles. The monoisotopic (exact) mass is 246 g/mol. The van der Waals surface area contributed by atoms with E-state index in [0.717, 1.165) is 31.6 Å². The number of rotatable bonds is 4. The molecule has 18 heavy (non-hydrogen) atoms. The van der Waals surface area contributed by atoms with Gasteiger partial charge in [-0.05, 0) is 50.4 Å². The molecule has 1 aliphatic rings. The molecule has 2 rings (SSSR count). The number of amides is 1. The van der Waals surface area contributed by atoms with E-state index in [2.05, 4.69) is 44.3 Å². The van der Waals surface area contributed by atoms with Gasteiger partial charge in [-0.1, -0.05) is 19.1 Å². The Kier molecular flexibility index (Phi) is 4.02. The summed E-state index contributed by atoms with van der Waals surface area (Å²) in [4.78, 5) is 14.3. The van der Waals surface area contributed by atoms with Gasteiger partial charge in [-0.3, -0.25) is 4.79 Å². The van der Waals surface area contributed by atoms with Crippen molar-refractivity contribution in [1.82, 2.24) is 5.32 Å². The first-order valence-electron chi connectivity index (χ1n) is 6.75. The van der Waals surface area contributed by atoms with Gasteiger partial charge in [0.25, 0.3) is 0 Å². The fourth-order valence-electron chi connectivity index (χ4n) is 2.44. The molecule has 0 saturated carbocycles. The highest BCUT2D eigenvalue weighted by atomic mass is 16.2. The molecule has 0 aliphatic carbocycles. The topological polar surface area (TPSA) is 32.3 Å². The smallest absolute Gasteiger partial charge is 0.244 e. The van der Waals surface area contributed by atoms with Gasteiger partial charge in [0.05, 0.1) is 6.04 Å². The van der Waals surface area contributed by atoms with Crippen LogP contribution in [0.4, 0.5) is 5.69 Å². The maximum Gasteiger partial charge on any atom is 0.244 e. The number of hydrogen-bond donors (Lipinski definition) is 1. The number of carbonyl (C=O) groups is 1. The van der Waals surface area contributed by atoms with Gasteiger partial charge in [0, 0.05) is 12.2 Å². The molecular weight excluding hydrogens is 224 g/mol. The van der Waals surface area contributed by atoms with Crippen molar-refractivity contribution in [3.05, 3.63) is 29.3 Å². The van der Waals surface area contributed by atoms with Crippen molar-refractivity contribution < 1.29 is 4.79 Å². The average molecular weight is 246 g/mol. The summed E-state index contributed by atoms with van der Waals surface area (Å²) in [6.45, 7) is 7.99. The molecule has 0 radical (unpaired) electrons.